The largest absolute Gasteiger partial charge is 0.507 e. The number of nitrogens with two attached hydrogens (primary N) is 2. The molecule has 0 fully saturated rings. The van der Waals surface area contributed by atoms with Gasteiger partial charge < -0.3 is 21.3 Å². The molecule has 18 heavy (non-hydrogen) atoms. The normalized spacial score (nSPS) is 16.6. The van der Waals surface area contributed by atoms with Crippen LogP contribution in [-0.4, -0.2) is 21.8 Å². The van der Waals surface area contributed by atoms with E-state index in [1.54, 1.807) is 24.3 Å². The summed E-state index contributed by atoms with van der Waals surface area (Å²) in [4.78, 5) is 0. The van der Waals surface area contributed by atoms with E-state index >= 15 is 0 Å². The number of phenolic OH excluding ortho intramolecular Hbond substituents is 1. The number of nitrogens with zero attached hydrogens (tertiary/aromatic N) is 2. The van der Waals surface area contributed by atoms with Gasteiger partial charge in [0.1, 0.15) is 29.1 Å². The number of anilines is 1. The summed E-state index contributed by atoms with van der Waals surface area (Å²) >= 11 is 0. The van der Waals surface area contributed by atoms with Crippen molar-refractivity contribution in [3.05, 3.63) is 29.8 Å². The summed E-state index contributed by atoms with van der Waals surface area (Å²) in [6, 6.07) is 6.72. The van der Waals surface area contributed by atoms with Crippen molar-refractivity contribution in [2.75, 3.05) is 12.3 Å². The molecule has 2 aromatic rings. The third-order valence-electron chi connectivity index (χ3n) is 2.91. The molecule has 1 aromatic heterocycles. The maximum absolute atomic E-state index is 9.92. The number of rotatable bonds is 1. The van der Waals surface area contributed by atoms with E-state index in [2.05, 4.69) is 10.2 Å². The number of aromatic nitrogens is 2. The smallest absolute Gasteiger partial charge is 0.146 e. The van der Waals surface area contributed by atoms with Crippen LogP contribution < -0.4 is 16.2 Å². The van der Waals surface area contributed by atoms with Crippen LogP contribution in [0.1, 0.15) is 11.7 Å². The van der Waals surface area contributed by atoms with Gasteiger partial charge >= 0.3 is 0 Å². The molecule has 0 amide bonds. The standard InChI is InChI=1S/C12H12N4O2/c13-5-9-6-4-10(14)15-16-12(6)11-7(17)2-1-3-8(11)18-9/h1-4,9,17H,5,13H2,(H2,14,15)/t9-/m1/s1. The molecule has 6 heteroatoms. The molecule has 1 aliphatic heterocycles. The Hall–Kier alpha value is -2.34. The second-order valence-electron chi connectivity index (χ2n) is 4.07. The van der Waals surface area contributed by atoms with Crippen LogP contribution in [0.25, 0.3) is 11.3 Å². The van der Waals surface area contributed by atoms with E-state index < -0.39 is 0 Å². The van der Waals surface area contributed by atoms with Gasteiger partial charge in [-0.05, 0) is 18.2 Å². The Bertz CT molecular complexity index is 615. The van der Waals surface area contributed by atoms with Crippen molar-refractivity contribution >= 4 is 5.82 Å². The topological polar surface area (TPSA) is 107 Å². The highest BCUT2D eigenvalue weighted by Gasteiger charge is 2.29. The fourth-order valence-corrected chi connectivity index (χ4v) is 2.11. The summed E-state index contributed by atoms with van der Waals surface area (Å²) in [6.07, 6.45) is -0.327. The highest BCUT2D eigenvalue weighted by Crippen LogP contribution is 2.45. The second-order valence-corrected chi connectivity index (χ2v) is 4.07. The quantitative estimate of drug-likeness (QED) is 0.685. The zero-order chi connectivity index (χ0) is 12.7. The fourth-order valence-electron chi connectivity index (χ4n) is 2.11. The third kappa shape index (κ3) is 1.46. The summed E-state index contributed by atoms with van der Waals surface area (Å²) in [6.45, 7) is 0.299. The van der Waals surface area contributed by atoms with Gasteiger partial charge in [0, 0.05) is 12.1 Å². The van der Waals surface area contributed by atoms with Crippen molar-refractivity contribution < 1.29 is 9.84 Å². The number of nitrogen functional groups attached to an aromatic ring is 1. The maximum atomic E-state index is 9.92. The zero-order valence-electron chi connectivity index (χ0n) is 9.50. The third-order valence-corrected chi connectivity index (χ3v) is 2.91. The Labute approximate surface area is 103 Å². The molecule has 2 heterocycles. The van der Waals surface area contributed by atoms with Gasteiger partial charge in [0.05, 0.1) is 5.56 Å². The fraction of sp³-hybridized carbons (Fsp3) is 0.167. The number of hydrogen-bond acceptors (Lipinski definition) is 6. The summed E-state index contributed by atoms with van der Waals surface area (Å²) in [5, 5.41) is 17.8. The lowest BCUT2D eigenvalue weighted by Crippen LogP contribution is -2.23. The molecule has 0 saturated carbocycles. The summed E-state index contributed by atoms with van der Waals surface area (Å²) in [7, 11) is 0. The Balaban J connectivity index is 2.29. The summed E-state index contributed by atoms with van der Waals surface area (Å²) in [5.74, 6) is 0.954. The van der Waals surface area contributed by atoms with Crippen LogP contribution >= 0.6 is 0 Å². The van der Waals surface area contributed by atoms with E-state index in [-0.39, 0.29) is 11.9 Å². The minimum atomic E-state index is -0.327. The Morgan fingerprint density at radius 3 is 2.94 bits per heavy atom. The van der Waals surface area contributed by atoms with Crippen LogP contribution in [0.15, 0.2) is 24.3 Å². The van der Waals surface area contributed by atoms with E-state index in [1.807, 2.05) is 0 Å². The van der Waals surface area contributed by atoms with Gasteiger partial charge in [-0.1, -0.05) is 6.07 Å². The first-order valence-corrected chi connectivity index (χ1v) is 5.53. The molecule has 0 radical (unpaired) electrons. The van der Waals surface area contributed by atoms with Gasteiger partial charge in [-0.15, -0.1) is 10.2 Å². The Kier molecular flexibility index (Phi) is 2.31. The maximum Gasteiger partial charge on any atom is 0.146 e. The first kappa shape index (κ1) is 10.8. The van der Waals surface area contributed by atoms with Crippen LogP contribution in [0.4, 0.5) is 5.82 Å². The van der Waals surface area contributed by atoms with Gasteiger partial charge in [-0.3, -0.25) is 0 Å². The predicted molar refractivity (Wildman–Crippen MR) is 66.0 cm³/mol. The lowest BCUT2D eigenvalue weighted by atomic mass is 9.97. The van der Waals surface area contributed by atoms with Crippen molar-refractivity contribution in [1.29, 1.82) is 0 Å². The lowest BCUT2D eigenvalue weighted by molar-refractivity contribution is 0.209. The molecular formula is C12H12N4O2. The number of fused-ring (bicyclic) bond motifs is 3. The number of ether oxygens (including phenoxy) is 1. The predicted octanol–water partition coefficient (Wildman–Crippen LogP) is 0.824. The van der Waals surface area contributed by atoms with Gasteiger partial charge in [0.2, 0.25) is 0 Å². The molecule has 0 aliphatic carbocycles. The van der Waals surface area contributed by atoms with Crippen LogP contribution in [0.3, 0.4) is 0 Å². The zero-order valence-corrected chi connectivity index (χ0v) is 9.50. The van der Waals surface area contributed by atoms with Gasteiger partial charge in [-0.2, -0.15) is 0 Å². The average molecular weight is 244 g/mol. The van der Waals surface area contributed by atoms with Crippen LogP contribution in [0, 0.1) is 0 Å². The number of benzene rings is 1. The van der Waals surface area contributed by atoms with Crippen LogP contribution in [-0.2, 0) is 0 Å². The van der Waals surface area contributed by atoms with E-state index in [4.69, 9.17) is 16.2 Å². The summed E-state index contributed by atoms with van der Waals surface area (Å²) in [5.41, 5.74) is 13.2. The molecule has 0 bridgehead atoms. The lowest BCUT2D eigenvalue weighted by Gasteiger charge is -2.27. The van der Waals surface area contributed by atoms with E-state index in [0.29, 0.717) is 29.4 Å². The molecule has 3 rings (SSSR count). The number of phenols is 1. The van der Waals surface area contributed by atoms with Crippen molar-refractivity contribution in [1.82, 2.24) is 10.2 Å². The van der Waals surface area contributed by atoms with Crippen molar-refractivity contribution in [3.63, 3.8) is 0 Å². The molecule has 92 valence electrons. The average Bonchev–Trinajstić information content (AvgIpc) is 2.37. The van der Waals surface area contributed by atoms with E-state index in [0.717, 1.165) is 5.56 Å². The molecule has 5 N–H and O–H groups in total. The van der Waals surface area contributed by atoms with Gasteiger partial charge in [0.25, 0.3) is 0 Å². The highest BCUT2D eigenvalue weighted by molar-refractivity contribution is 5.78. The number of aromatic hydroxyl groups is 1. The highest BCUT2D eigenvalue weighted by atomic mass is 16.5. The first-order chi connectivity index (χ1) is 8.70. The molecule has 6 nitrogen and oxygen atoms in total. The molecule has 0 saturated heterocycles. The van der Waals surface area contributed by atoms with Crippen molar-refractivity contribution in [2.45, 2.75) is 6.10 Å². The molecule has 1 atom stereocenters. The van der Waals surface area contributed by atoms with E-state index in [9.17, 15) is 5.11 Å². The molecule has 0 unspecified atom stereocenters. The first-order valence-electron chi connectivity index (χ1n) is 5.53. The Morgan fingerprint density at radius 1 is 1.33 bits per heavy atom. The van der Waals surface area contributed by atoms with Gasteiger partial charge in [-0.25, -0.2) is 0 Å². The molecule has 1 aliphatic rings. The molecular weight excluding hydrogens is 232 g/mol. The van der Waals surface area contributed by atoms with E-state index in [1.165, 1.54) is 0 Å². The van der Waals surface area contributed by atoms with Crippen molar-refractivity contribution in [3.8, 4) is 22.8 Å². The minimum Gasteiger partial charge on any atom is -0.507 e. The van der Waals surface area contributed by atoms with Crippen LogP contribution in [0.5, 0.6) is 11.5 Å². The molecule has 0 spiro atoms. The Morgan fingerprint density at radius 2 is 2.17 bits per heavy atom. The van der Waals surface area contributed by atoms with Gasteiger partial charge in [0.15, 0.2) is 0 Å². The second kappa shape index (κ2) is 3.85. The SMILES string of the molecule is NC[C@H]1Oc2cccc(O)c2-c2nnc(N)cc21. The van der Waals surface area contributed by atoms with Crippen LogP contribution in [0.2, 0.25) is 0 Å². The van der Waals surface area contributed by atoms with Crippen molar-refractivity contribution in [2.24, 2.45) is 5.73 Å². The molecule has 1 aromatic carbocycles. The monoisotopic (exact) mass is 244 g/mol. The minimum absolute atomic E-state index is 0.100. The number of hydrogen-bond donors (Lipinski definition) is 3. The summed E-state index contributed by atoms with van der Waals surface area (Å²) < 4.78 is 5.74.